The van der Waals surface area contributed by atoms with Gasteiger partial charge in [0.05, 0.1) is 30.5 Å². The number of β-amino-alcohol motifs (C(OH)–C–C–N with tert-alkyl or cyclic N) is 1. The lowest BCUT2D eigenvalue weighted by Crippen LogP contribution is -2.45. The third kappa shape index (κ3) is 5.70. The van der Waals surface area contributed by atoms with Crippen molar-refractivity contribution in [1.29, 1.82) is 0 Å². The Bertz CT molecular complexity index is 1560. The van der Waals surface area contributed by atoms with Crippen LogP contribution in [-0.4, -0.2) is 64.9 Å². The first-order valence-electron chi connectivity index (χ1n) is 12.5. The van der Waals surface area contributed by atoms with E-state index in [1.807, 2.05) is 12.1 Å². The van der Waals surface area contributed by atoms with Crippen molar-refractivity contribution in [2.75, 3.05) is 33.4 Å². The fourth-order valence-electron chi connectivity index (χ4n) is 5.01. The van der Waals surface area contributed by atoms with Gasteiger partial charge in [-0.3, -0.25) is 14.6 Å². The van der Waals surface area contributed by atoms with Crippen molar-refractivity contribution in [2.24, 2.45) is 0 Å². The summed E-state index contributed by atoms with van der Waals surface area (Å²) in [5, 5.41) is 13.2. The molecule has 4 aromatic rings. The number of carbonyl (C=O) groups is 1. The molecule has 5 rings (SSSR count). The topological polar surface area (TPSA) is 96.7 Å². The first-order valence-corrected chi connectivity index (χ1v) is 13.3. The van der Waals surface area contributed by atoms with Gasteiger partial charge in [-0.05, 0) is 30.5 Å². The summed E-state index contributed by atoms with van der Waals surface area (Å²) in [6.45, 7) is 2.23. The van der Waals surface area contributed by atoms with E-state index in [1.54, 1.807) is 12.1 Å². The van der Waals surface area contributed by atoms with E-state index in [0.717, 1.165) is 43.6 Å². The molecule has 0 atom stereocenters. The molecular formula is C28H31F3N4O4S. The number of hydrogen-bond acceptors (Lipinski definition) is 7. The molecule has 40 heavy (non-hydrogen) atoms. The molecule has 8 nitrogen and oxygen atoms in total. The molecule has 1 fully saturated rings. The number of amides is 1. The molecule has 0 unspecified atom stereocenters. The molecule has 214 valence electrons. The number of piperidine rings is 1. The minimum absolute atomic E-state index is 0. The molecule has 1 saturated heterocycles. The Kier molecular flexibility index (Phi) is 8.81. The van der Waals surface area contributed by atoms with Gasteiger partial charge in [0, 0.05) is 37.3 Å². The number of hydrogen-bond donors (Lipinski definition) is 2. The van der Waals surface area contributed by atoms with Crippen molar-refractivity contribution in [3.05, 3.63) is 69.1 Å². The zero-order valence-corrected chi connectivity index (χ0v) is 21.9. The van der Waals surface area contributed by atoms with Crippen LogP contribution >= 0.6 is 11.3 Å². The Labute approximate surface area is 233 Å². The van der Waals surface area contributed by atoms with Crippen molar-refractivity contribution < 1.29 is 27.8 Å². The summed E-state index contributed by atoms with van der Waals surface area (Å²) in [6, 6.07) is 9.36. The van der Waals surface area contributed by atoms with Gasteiger partial charge in [-0.15, -0.1) is 11.3 Å². The van der Waals surface area contributed by atoms with Gasteiger partial charge in [0.1, 0.15) is 16.0 Å². The summed E-state index contributed by atoms with van der Waals surface area (Å²) < 4.78 is 46.6. The SMILES string of the molecule is C.COc1c(C(=O)NC2CCN(CCO)CC2)sc2c1c(=O)n(Cc1ccc(C(F)(F)F)nc1)c1ccccc21. The average molecular weight is 577 g/mol. The number of aliphatic hydroxyl groups excluding tert-OH is 1. The molecule has 2 N–H and O–H groups in total. The van der Waals surface area contributed by atoms with Crippen LogP contribution in [0.15, 0.2) is 47.4 Å². The normalized spacial score (nSPS) is 14.8. The summed E-state index contributed by atoms with van der Waals surface area (Å²) in [5.74, 6) is -0.143. The van der Waals surface area contributed by atoms with Gasteiger partial charge in [0.15, 0.2) is 5.75 Å². The van der Waals surface area contributed by atoms with Gasteiger partial charge < -0.3 is 24.6 Å². The fraction of sp³-hybridized carbons (Fsp3) is 0.393. The predicted molar refractivity (Wildman–Crippen MR) is 149 cm³/mol. The van der Waals surface area contributed by atoms with Crippen molar-refractivity contribution in [3.8, 4) is 5.75 Å². The number of likely N-dealkylation sites (tertiary alicyclic amines) is 1. The lowest BCUT2D eigenvalue weighted by atomic mass is 10.0. The van der Waals surface area contributed by atoms with Crippen molar-refractivity contribution in [1.82, 2.24) is 19.8 Å². The van der Waals surface area contributed by atoms with Crippen LogP contribution in [0.25, 0.3) is 21.0 Å². The molecule has 1 amide bonds. The Balaban J connectivity index is 0.00000370. The number of carbonyl (C=O) groups excluding carboxylic acids is 1. The van der Waals surface area contributed by atoms with E-state index in [0.29, 0.717) is 27.2 Å². The zero-order valence-electron chi connectivity index (χ0n) is 21.1. The maximum atomic E-state index is 13.8. The molecule has 12 heteroatoms. The number of alkyl halides is 3. The third-order valence-electron chi connectivity index (χ3n) is 6.97. The highest BCUT2D eigenvalue weighted by Crippen LogP contribution is 2.40. The van der Waals surface area contributed by atoms with E-state index in [9.17, 15) is 22.8 Å². The molecule has 1 aliphatic rings. The smallest absolute Gasteiger partial charge is 0.433 e. The van der Waals surface area contributed by atoms with E-state index < -0.39 is 17.4 Å². The highest BCUT2D eigenvalue weighted by atomic mass is 32.1. The number of methoxy groups -OCH3 is 1. The Morgan fingerprint density at radius 1 is 1.20 bits per heavy atom. The van der Waals surface area contributed by atoms with Gasteiger partial charge in [0.25, 0.3) is 11.5 Å². The Hall–Kier alpha value is -3.48. The van der Waals surface area contributed by atoms with Crippen LogP contribution in [0.1, 0.15) is 41.2 Å². The van der Waals surface area contributed by atoms with Gasteiger partial charge >= 0.3 is 6.18 Å². The van der Waals surface area contributed by atoms with Gasteiger partial charge in [-0.1, -0.05) is 31.7 Å². The molecule has 1 aliphatic heterocycles. The molecule has 0 spiro atoms. The van der Waals surface area contributed by atoms with E-state index in [-0.39, 0.29) is 43.7 Å². The molecule has 4 heterocycles. The molecule has 0 radical (unpaired) electrons. The lowest BCUT2D eigenvalue weighted by Gasteiger charge is -2.31. The number of aliphatic hydroxyl groups is 1. The van der Waals surface area contributed by atoms with Crippen LogP contribution in [0.2, 0.25) is 0 Å². The van der Waals surface area contributed by atoms with Crippen molar-refractivity contribution in [3.63, 3.8) is 0 Å². The largest absolute Gasteiger partial charge is 0.494 e. The summed E-state index contributed by atoms with van der Waals surface area (Å²) >= 11 is 1.19. The second kappa shape index (κ2) is 11.9. The maximum Gasteiger partial charge on any atom is 0.433 e. The second-order valence-corrected chi connectivity index (χ2v) is 10.5. The number of pyridine rings is 2. The number of fused-ring (bicyclic) bond motifs is 3. The van der Waals surface area contributed by atoms with Crippen molar-refractivity contribution in [2.45, 2.75) is 39.0 Å². The molecular weight excluding hydrogens is 545 g/mol. The predicted octanol–water partition coefficient (Wildman–Crippen LogP) is 4.51. The van der Waals surface area contributed by atoms with Crippen molar-refractivity contribution >= 4 is 38.2 Å². The first-order chi connectivity index (χ1) is 18.7. The number of rotatable bonds is 7. The van der Waals surface area contributed by atoms with Crippen LogP contribution in [0.5, 0.6) is 5.75 Å². The second-order valence-electron chi connectivity index (χ2n) is 9.44. The lowest BCUT2D eigenvalue weighted by molar-refractivity contribution is -0.141. The number of para-hydroxylation sites is 1. The summed E-state index contributed by atoms with van der Waals surface area (Å²) in [5.41, 5.74) is -0.405. The number of ether oxygens (including phenoxy) is 1. The highest BCUT2D eigenvalue weighted by Gasteiger charge is 2.32. The van der Waals surface area contributed by atoms with E-state index >= 15 is 0 Å². The van der Waals surface area contributed by atoms with E-state index in [1.165, 1.54) is 29.1 Å². The van der Waals surface area contributed by atoms with Crippen LogP contribution in [0.4, 0.5) is 13.2 Å². The van der Waals surface area contributed by atoms with Crippen LogP contribution < -0.4 is 15.6 Å². The average Bonchev–Trinajstić information content (AvgIpc) is 3.32. The molecule has 0 aliphatic carbocycles. The standard InChI is InChI=1S/C27H27F3N4O4S.CH4/c1-38-22-21-23(39-24(22)25(36)32-17-8-10-33(11-9-17)12-13-35)18-4-2-3-5-19(18)34(26(21)37)15-16-6-7-20(31-14-16)27(28,29)30;/h2-7,14,17,35H,8-13,15H2,1H3,(H,32,36);1H4. The zero-order chi connectivity index (χ0) is 27.7. The summed E-state index contributed by atoms with van der Waals surface area (Å²) in [7, 11) is 1.41. The number of halogens is 3. The first kappa shape index (κ1) is 29.5. The highest BCUT2D eigenvalue weighted by molar-refractivity contribution is 7.22. The molecule has 1 aromatic carbocycles. The fourth-order valence-corrected chi connectivity index (χ4v) is 6.21. The van der Waals surface area contributed by atoms with Gasteiger partial charge in [0.2, 0.25) is 0 Å². The third-order valence-corrected chi connectivity index (χ3v) is 8.17. The number of aromatic nitrogens is 2. The molecule has 0 saturated carbocycles. The van der Waals surface area contributed by atoms with Crippen LogP contribution in [-0.2, 0) is 12.7 Å². The van der Waals surface area contributed by atoms with E-state index in [2.05, 4.69) is 15.2 Å². The minimum Gasteiger partial charge on any atom is -0.494 e. The Morgan fingerprint density at radius 3 is 2.55 bits per heavy atom. The van der Waals surface area contributed by atoms with Gasteiger partial charge in [-0.2, -0.15) is 13.2 Å². The van der Waals surface area contributed by atoms with Crippen LogP contribution in [0.3, 0.4) is 0 Å². The van der Waals surface area contributed by atoms with Gasteiger partial charge in [-0.25, -0.2) is 0 Å². The molecule has 0 bridgehead atoms. The quantitative estimate of drug-likeness (QED) is 0.336. The number of thiophene rings is 1. The molecule has 3 aromatic heterocycles. The number of nitrogens with one attached hydrogen (secondary N) is 1. The summed E-state index contributed by atoms with van der Waals surface area (Å²) in [4.78, 5) is 33.1. The summed E-state index contributed by atoms with van der Waals surface area (Å²) in [6.07, 6.45) is -1.95. The van der Waals surface area contributed by atoms with E-state index in [4.69, 9.17) is 9.84 Å². The van der Waals surface area contributed by atoms with Crippen LogP contribution in [0, 0.1) is 0 Å². The minimum atomic E-state index is -4.56. The maximum absolute atomic E-state index is 13.8. The number of benzene rings is 1. The number of nitrogens with zero attached hydrogens (tertiary/aromatic N) is 3. The monoisotopic (exact) mass is 576 g/mol. The Morgan fingerprint density at radius 2 is 1.93 bits per heavy atom.